The van der Waals surface area contributed by atoms with Crippen molar-refractivity contribution in [2.45, 2.75) is 20.8 Å². The zero-order valence-electron chi connectivity index (χ0n) is 12.0. The van der Waals surface area contributed by atoms with E-state index < -0.39 is 0 Å². The van der Waals surface area contributed by atoms with Crippen LogP contribution in [0.4, 0.5) is 17.2 Å². The van der Waals surface area contributed by atoms with Crippen molar-refractivity contribution in [3.05, 3.63) is 41.3 Å². The number of halogens is 1. The Bertz CT molecular complexity index is 544. The van der Waals surface area contributed by atoms with Gasteiger partial charge < -0.3 is 10.2 Å². The number of aromatic nitrogens is 2. The molecule has 0 fully saturated rings. The molecule has 1 heterocycles. The van der Waals surface area contributed by atoms with Gasteiger partial charge in [-0.3, -0.25) is 0 Å². The molecule has 20 heavy (non-hydrogen) atoms. The Morgan fingerprint density at radius 1 is 1.10 bits per heavy atom. The fourth-order valence-electron chi connectivity index (χ4n) is 2.09. The Morgan fingerprint density at radius 2 is 1.75 bits per heavy atom. The molecule has 2 aromatic rings. The number of rotatable bonds is 5. The highest BCUT2D eigenvalue weighted by Crippen LogP contribution is 2.21. The summed E-state index contributed by atoms with van der Waals surface area (Å²) in [7, 11) is 0. The summed E-state index contributed by atoms with van der Waals surface area (Å²) in [5.41, 5.74) is 2.20. The van der Waals surface area contributed by atoms with Gasteiger partial charge in [-0.15, -0.1) is 0 Å². The van der Waals surface area contributed by atoms with Gasteiger partial charge in [0.2, 0.25) is 0 Å². The topological polar surface area (TPSA) is 41.0 Å². The summed E-state index contributed by atoms with van der Waals surface area (Å²) >= 11 is 5.92. The fraction of sp³-hybridized carbons (Fsp3) is 0.333. The van der Waals surface area contributed by atoms with Crippen LogP contribution in [0.1, 0.15) is 19.7 Å². The van der Waals surface area contributed by atoms with E-state index in [1.165, 1.54) is 5.69 Å². The lowest BCUT2D eigenvalue weighted by Crippen LogP contribution is -2.21. The van der Waals surface area contributed by atoms with E-state index in [-0.39, 0.29) is 0 Å². The minimum absolute atomic E-state index is 0.444. The Morgan fingerprint density at radius 3 is 2.30 bits per heavy atom. The van der Waals surface area contributed by atoms with E-state index in [9.17, 15) is 0 Å². The normalized spacial score (nSPS) is 10.4. The minimum Gasteiger partial charge on any atom is -0.372 e. The number of anilines is 3. The van der Waals surface area contributed by atoms with Crippen LogP contribution in [0.25, 0.3) is 0 Å². The van der Waals surface area contributed by atoms with E-state index in [0.29, 0.717) is 16.8 Å². The van der Waals surface area contributed by atoms with Crippen molar-refractivity contribution < 1.29 is 0 Å². The van der Waals surface area contributed by atoms with Gasteiger partial charge in [-0.05, 0) is 45.0 Å². The molecule has 0 aliphatic rings. The maximum absolute atomic E-state index is 5.92. The van der Waals surface area contributed by atoms with Gasteiger partial charge in [-0.2, -0.15) is 0 Å². The first-order chi connectivity index (χ1) is 9.62. The van der Waals surface area contributed by atoms with Crippen LogP contribution in [0.2, 0.25) is 5.15 Å². The molecule has 0 radical (unpaired) electrons. The minimum atomic E-state index is 0.444. The molecule has 0 saturated carbocycles. The second kappa shape index (κ2) is 6.57. The van der Waals surface area contributed by atoms with Gasteiger partial charge in [-0.1, -0.05) is 11.6 Å². The molecule has 5 heteroatoms. The van der Waals surface area contributed by atoms with E-state index in [1.54, 1.807) is 6.07 Å². The van der Waals surface area contributed by atoms with Crippen LogP contribution in [0, 0.1) is 6.92 Å². The third kappa shape index (κ3) is 3.61. The molecule has 106 valence electrons. The molecule has 0 saturated heterocycles. The molecule has 1 aromatic heterocycles. The molecule has 4 nitrogen and oxygen atoms in total. The molecule has 0 bridgehead atoms. The van der Waals surface area contributed by atoms with E-state index in [1.807, 2.05) is 19.1 Å². The van der Waals surface area contributed by atoms with Gasteiger partial charge in [0.1, 0.15) is 16.8 Å². The fourth-order valence-corrected chi connectivity index (χ4v) is 2.31. The SMILES string of the molecule is CCN(CC)c1ccc(Nc2cc(Cl)nc(C)n2)cc1. The predicted octanol–water partition coefficient (Wildman–Crippen LogP) is 4.03. The number of nitrogens with zero attached hydrogens (tertiary/aromatic N) is 3. The van der Waals surface area contributed by atoms with Crippen molar-refractivity contribution in [3.8, 4) is 0 Å². The van der Waals surface area contributed by atoms with Gasteiger partial charge >= 0.3 is 0 Å². The standard InChI is InChI=1S/C15H19ClN4/c1-4-20(5-2)13-8-6-12(7-9-13)19-15-10-14(16)17-11(3)18-15/h6-10H,4-5H2,1-3H3,(H,17,18,19). The molecule has 1 aromatic carbocycles. The first-order valence-electron chi connectivity index (χ1n) is 6.75. The first kappa shape index (κ1) is 14.6. The average molecular weight is 291 g/mol. The molecular formula is C15H19ClN4. The van der Waals surface area contributed by atoms with Crippen molar-refractivity contribution in [3.63, 3.8) is 0 Å². The van der Waals surface area contributed by atoms with Gasteiger partial charge in [0.25, 0.3) is 0 Å². The third-order valence-electron chi connectivity index (χ3n) is 3.07. The molecule has 0 atom stereocenters. The molecule has 0 aliphatic heterocycles. The number of aryl methyl sites for hydroxylation is 1. The van der Waals surface area contributed by atoms with Crippen molar-refractivity contribution in [2.24, 2.45) is 0 Å². The van der Waals surface area contributed by atoms with Crippen LogP contribution in [0.15, 0.2) is 30.3 Å². The summed E-state index contributed by atoms with van der Waals surface area (Å²) in [5.74, 6) is 1.36. The molecule has 1 N–H and O–H groups in total. The van der Waals surface area contributed by atoms with Crippen LogP contribution in [-0.4, -0.2) is 23.1 Å². The maximum Gasteiger partial charge on any atom is 0.135 e. The van der Waals surface area contributed by atoms with Gasteiger partial charge in [0.05, 0.1) is 0 Å². The van der Waals surface area contributed by atoms with Gasteiger partial charge in [-0.25, -0.2) is 9.97 Å². The van der Waals surface area contributed by atoms with Crippen molar-refractivity contribution in [1.29, 1.82) is 0 Å². The lowest BCUT2D eigenvalue weighted by atomic mass is 10.2. The average Bonchev–Trinajstić information content (AvgIpc) is 2.41. The highest BCUT2D eigenvalue weighted by molar-refractivity contribution is 6.29. The Labute approximate surface area is 124 Å². The summed E-state index contributed by atoms with van der Waals surface area (Å²) in [6.45, 7) is 8.14. The van der Waals surface area contributed by atoms with Crippen LogP contribution >= 0.6 is 11.6 Å². The highest BCUT2D eigenvalue weighted by Gasteiger charge is 2.03. The molecule has 0 spiro atoms. The number of nitrogens with one attached hydrogen (secondary N) is 1. The largest absolute Gasteiger partial charge is 0.372 e. The summed E-state index contributed by atoms with van der Waals surface area (Å²) < 4.78 is 0. The van der Waals surface area contributed by atoms with E-state index in [2.05, 4.69) is 46.2 Å². The Hall–Kier alpha value is -1.81. The van der Waals surface area contributed by atoms with E-state index >= 15 is 0 Å². The Kier molecular flexibility index (Phi) is 4.79. The van der Waals surface area contributed by atoms with Crippen LogP contribution in [-0.2, 0) is 0 Å². The summed E-state index contributed by atoms with van der Waals surface area (Å²) in [5, 5.41) is 3.68. The molecule has 0 amide bonds. The van der Waals surface area contributed by atoms with Crippen LogP contribution in [0.5, 0.6) is 0 Å². The molecule has 0 aliphatic carbocycles. The number of hydrogen-bond donors (Lipinski definition) is 1. The van der Waals surface area contributed by atoms with Crippen molar-refractivity contribution in [2.75, 3.05) is 23.3 Å². The van der Waals surface area contributed by atoms with Gasteiger partial charge in [0, 0.05) is 30.5 Å². The van der Waals surface area contributed by atoms with Crippen molar-refractivity contribution in [1.82, 2.24) is 9.97 Å². The molecular weight excluding hydrogens is 272 g/mol. The monoisotopic (exact) mass is 290 g/mol. The highest BCUT2D eigenvalue weighted by atomic mass is 35.5. The number of hydrogen-bond acceptors (Lipinski definition) is 4. The van der Waals surface area contributed by atoms with Crippen molar-refractivity contribution >= 4 is 28.8 Å². The van der Waals surface area contributed by atoms with E-state index in [4.69, 9.17) is 11.6 Å². The summed E-state index contributed by atoms with van der Waals surface area (Å²) in [6.07, 6.45) is 0. The third-order valence-corrected chi connectivity index (χ3v) is 3.27. The second-order valence-electron chi connectivity index (χ2n) is 4.47. The summed E-state index contributed by atoms with van der Waals surface area (Å²) in [6, 6.07) is 10.0. The summed E-state index contributed by atoms with van der Waals surface area (Å²) in [4.78, 5) is 10.6. The second-order valence-corrected chi connectivity index (χ2v) is 4.85. The zero-order valence-corrected chi connectivity index (χ0v) is 12.8. The smallest absolute Gasteiger partial charge is 0.135 e. The first-order valence-corrected chi connectivity index (χ1v) is 7.13. The maximum atomic E-state index is 5.92. The van der Waals surface area contributed by atoms with Crippen LogP contribution < -0.4 is 10.2 Å². The quantitative estimate of drug-likeness (QED) is 0.844. The zero-order chi connectivity index (χ0) is 14.5. The van der Waals surface area contributed by atoms with Crippen LogP contribution in [0.3, 0.4) is 0 Å². The molecule has 2 rings (SSSR count). The lowest BCUT2D eigenvalue weighted by Gasteiger charge is -2.21. The Balaban J connectivity index is 2.14. The van der Waals surface area contributed by atoms with Gasteiger partial charge in [0.15, 0.2) is 0 Å². The lowest BCUT2D eigenvalue weighted by molar-refractivity contribution is 0.866. The number of benzene rings is 1. The molecule has 0 unspecified atom stereocenters. The predicted molar refractivity (Wildman–Crippen MR) is 85.1 cm³/mol. The van der Waals surface area contributed by atoms with E-state index in [0.717, 1.165) is 18.8 Å².